The highest BCUT2D eigenvalue weighted by molar-refractivity contribution is 6.05. The van der Waals surface area contributed by atoms with Crippen molar-refractivity contribution >= 4 is 38.7 Å². The first-order valence-corrected chi connectivity index (χ1v) is 11.5. The number of nitro groups is 1. The van der Waals surface area contributed by atoms with E-state index in [1.54, 1.807) is 12.1 Å². The molecule has 5 nitrogen and oxygen atoms in total. The topological polar surface area (TPSA) is 60.4 Å². The number of rotatable bonds is 3. The van der Waals surface area contributed by atoms with E-state index in [0.717, 1.165) is 38.9 Å². The SMILES string of the molecule is O=[N+]([O-])c1ccccc1C1=CC(c2ccccc2)c2c3ccccc3n3c2c1nc1ccccc13. The lowest BCUT2D eigenvalue weighted by Crippen LogP contribution is -2.10. The number of hydrogen-bond donors (Lipinski definition) is 0. The van der Waals surface area contributed by atoms with E-state index in [4.69, 9.17) is 4.98 Å². The molecule has 0 aliphatic heterocycles. The fourth-order valence-corrected chi connectivity index (χ4v) is 5.50. The molecule has 0 radical (unpaired) electrons. The van der Waals surface area contributed by atoms with Gasteiger partial charge in [0, 0.05) is 22.9 Å². The summed E-state index contributed by atoms with van der Waals surface area (Å²) in [5.74, 6) is -0.0728. The average molecular weight is 454 g/mol. The number of nitro benzene ring substituents is 1. The van der Waals surface area contributed by atoms with Gasteiger partial charge >= 0.3 is 0 Å². The van der Waals surface area contributed by atoms with Gasteiger partial charge < -0.3 is 4.40 Å². The van der Waals surface area contributed by atoms with Gasteiger partial charge in [-0.2, -0.15) is 0 Å². The Morgan fingerprint density at radius 3 is 2.29 bits per heavy atom. The normalized spacial score (nSPS) is 15.0. The van der Waals surface area contributed by atoms with Crippen molar-refractivity contribution in [2.45, 2.75) is 5.92 Å². The standard InChI is InChI=1S/C30H19N3O2/c34-33(35)26-16-8-4-12-20(26)23-18-22(19-10-2-1-3-11-19)28-21-13-5-7-15-25(21)32-27-17-9-6-14-24(27)31-29(23)30(28)32/h1-18,22H. The van der Waals surface area contributed by atoms with Crippen molar-refractivity contribution in [3.63, 3.8) is 0 Å². The molecule has 7 rings (SSSR count). The Morgan fingerprint density at radius 1 is 0.771 bits per heavy atom. The lowest BCUT2D eigenvalue weighted by atomic mass is 9.81. The van der Waals surface area contributed by atoms with E-state index in [1.165, 1.54) is 10.9 Å². The molecule has 2 aromatic heterocycles. The second-order valence-corrected chi connectivity index (χ2v) is 8.81. The molecule has 0 fully saturated rings. The Kier molecular flexibility index (Phi) is 4.14. The zero-order valence-corrected chi connectivity index (χ0v) is 18.6. The molecule has 6 aromatic rings. The van der Waals surface area contributed by atoms with Crippen LogP contribution in [0.2, 0.25) is 0 Å². The van der Waals surface area contributed by atoms with Crippen LogP contribution in [0.5, 0.6) is 0 Å². The van der Waals surface area contributed by atoms with Crippen LogP contribution in [0.4, 0.5) is 5.69 Å². The van der Waals surface area contributed by atoms with Gasteiger partial charge in [-0.15, -0.1) is 0 Å². The van der Waals surface area contributed by atoms with Crippen LogP contribution in [0.1, 0.15) is 28.3 Å². The minimum absolute atomic E-state index is 0.0728. The van der Waals surface area contributed by atoms with Gasteiger partial charge in [0.05, 0.1) is 38.2 Å². The predicted octanol–water partition coefficient (Wildman–Crippen LogP) is 7.13. The molecule has 2 heterocycles. The summed E-state index contributed by atoms with van der Waals surface area (Å²) in [7, 11) is 0. The summed E-state index contributed by atoms with van der Waals surface area (Å²) < 4.78 is 2.28. The number of allylic oxidation sites excluding steroid dienone is 1. The van der Waals surface area contributed by atoms with E-state index in [-0.39, 0.29) is 16.5 Å². The van der Waals surface area contributed by atoms with Crippen molar-refractivity contribution in [1.29, 1.82) is 0 Å². The highest BCUT2D eigenvalue weighted by Gasteiger charge is 2.32. The molecule has 1 unspecified atom stereocenters. The van der Waals surface area contributed by atoms with Gasteiger partial charge in [-0.05, 0) is 35.4 Å². The lowest BCUT2D eigenvalue weighted by molar-refractivity contribution is -0.385. The van der Waals surface area contributed by atoms with Crippen molar-refractivity contribution in [1.82, 2.24) is 9.38 Å². The molecule has 0 spiro atoms. The fourth-order valence-electron chi connectivity index (χ4n) is 5.50. The van der Waals surface area contributed by atoms with Gasteiger partial charge in [0.1, 0.15) is 0 Å². The molecule has 0 saturated carbocycles. The molecule has 0 N–H and O–H groups in total. The number of aromatic nitrogens is 2. The second-order valence-electron chi connectivity index (χ2n) is 8.81. The summed E-state index contributed by atoms with van der Waals surface area (Å²) in [6.07, 6.45) is 2.16. The van der Waals surface area contributed by atoms with Gasteiger partial charge in [-0.25, -0.2) is 4.98 Å². The molecular formula is C30H19N3O2. The summed E-state index contributed by atoms with van der Waals surface area (Å²) >= 11 is 0. The molecule has 1 aliphatic carbocycles. The zero-order valence-electron chi connectivity index (χ0n) is 18.6. The van der Waals surface area contributed by atoms with Crippen molar-refractivity contribution in [3.05, 3.63) is 142 Å². The lowest BCUT2D eigenvalue weighted by Gasteiger charge is -2.23. The van der Waals surface area contributed by atoms with Gasteiger partial charge in [-0.3, -0.25) is 10.1 Å². The van der Waals surface area contributed by atoms with Gasteiger partial charge in [0.15, 0.2) is 0 Å². The Bertz CT molecular complexity index is 1830. The molecule has 0 saturated heterocycles. The van der Waals surface area contributed by atoms with Crippen LogP contribution in [0.25, 0.3) is 33.0 Å². The zero-order chi connectivity index (χ0) is 23.5. The van der Waals surface area contributed by atoms with E-state index in [1.807, 2.05) is 48.5 Å². The van der Waals surface area contributed by atoms with E-state index in [0.29, 0.717) is 5.56 Å². The minimum atomic E-state index is -0.309. The smallest absolute Gasteiger partial charge is 0.277 e. The van der Waals surface area contributed by atoms with Gasteiger partial charge in [0.2, 0.25) is 0 Å². The molecule has 1 atom stereocenters. The van der Waals surface area contributed by atoms with Crippen molar-refractivity contribution in [3.8, 4) is 0 Å². The molecule has 4 aromatic carbocycles. The second kappa shape index (κ2) is 7.37. The summed E-state index contributed by atoms with van der Waals surface area (Å²) in [6.45, 7) is 0. The molecule has 1 aliphatic rings. The maximum atomic E-state index is 12.0. The van der Waals surface area contributed by atoms with Crippen LogP contribution in [0, 0.1) is 10.1 Å². The highest BCUT2D eigenvalue weighted by atomic mass is 16.6. The quantitative estimate of drug-likeness (QED) is 0.212. The van der Waals surface area contributed by atoms with Crippen LogP contribution in [-0.4, -0.2) is 14.3 Å². The fraction of sp³-hybridized carbons (Fsp3) is 0.0333. The van der Waals surface area contributed by atoms with Crippen LogP contribution in [-0.2, 0) is 0 Å². The Morgan fingerprint density at radius 2 is 1.46 bits per heavy atom. The summed E-state index contributed by atoms with van der Waals surface area (Å²) in [5, 5.41) is 13.2. The van der Waals surface area contributed by atoms with E-state index in [2.05, 4.69) is 52.9 Å². The third-order valence-corrected chi connectivity index (χ3v) is 6.94. The van der Waals surface area contributed by atoms with E-state index in [9.17, 15) is 10.1 Å². The monoisotopic (exact) mass is 453 g/mol. The molecule has 5 heteroatoms. The summed E-state index contributed by atoms with van der Waals surface area (Å²) in [5.41, 5.74) is 8.54. The number of fused-ring (bicyclic) bond motifs is 5. The third kappa shape index (κ3) is 2.78. The maximum Gasteiger partial charge on any atom is 0.277 e. The van der Waals surface area contributed by atoms with E-state index >= 15 is 0 Å². The van der Waals surface area contributed by atoms with Crippen LogP contribution in [0.15, 0.2) is 109 Å². The summed E-state index contributed by atoms with van der Waals surface area (Å²) in [4.78, 5) is 16.8. The van der Waals surface area contributed by atoms with Gasteiger partial charge in [0.25, 0.3) is 5.69 Å². The van der Waals surface area contributed by atoms with Crippen LogP contribution < -0.4 is 0 Å². The number of benzene rings is 4. The van der Waals surface area contributed by atoms with Crippen LogP contribution in [0.3, 0.4) is 0 Å². The van der Waals surface area contributed by atoms with Crippen LogP contribution >= 0.6 is 0 Å². The molecule has 0 amide bonds. The van der Waals surface area contributed by atoms with Crippen molar-refractivity contribution < 1.29 is 4.92 Å². The van der Waals surface area contributed by atoms with Crippen molar-refractivity contribution in [2.24, 2.45) is 0 Å². The average Bonchev–Trinajstić information content (AvgIpc) is 3.26. The number of nitrogens with zero attached hydrogens (tertiary/aromatic N) is 3. The molecule has 0 bridgehead atoms. The first-order valence-electron chi connectivity index (χ1n) is 11.5. The minimum Gasteiger partial charge on any atom is -0.305 e. The number of hydrogen-bond acceptors (Lipinski definition) is 3. The van der Waals surface area contributed by atoms with Crippen molar-refractivity contribution in [2.75, 3.05) is 0 Å². The maximum absolute atomic E-state index is 12.0. The summed E-state index contributed by atoms with van der Waals surface area (Å²) in [6, 6.07) is 33.8. The van der Waals surface area contributed by atoms with Gasteiger partial charge in [-0.1, -0.05) is 78.9 Å². The Balaban J connectivity index is 1.70. The molecule has 166 valence electrons. The van der Waals surface area contributed by atoms with E-state index < -0.39 is 0 Å². The predicted molar refractivity (Wildman–Crippen MR) is 139 cm³/mol. The molecular weight excluding hydrogens is 434 g/mol. The first kappa shape index (κ1) is 19.7. The molecule has 35 heavy (non-hydrogen) atoms. The first-order chi connectivity index (χ1) is 17.2. The largest absolute Gasteiger partial charge is 0.305 e. The Hall–Kier alpha value is -4.77. The number of para-hydroxylation sites is 4. The Labute approximate surface area is 200 Å². The highest BCUT2D eigenvalue weighted by Crippen LogP contribution is 2.47. The third-order valence-electron chi connectivity index (χ3n) is 6.94.